The molecule has 0 spiro atoms. The second-order valence-corrected chi connectivity index (χ2v) is 4.40. The summed E-state index contributed by atoms with van der Waals surface area (Å²) in [6.07, 6.45) is 3.25. The molecule has 2 heterocycles. The number of nitrogens with zero attached hydrogens (tertiary/aromatic N) is 5. The van der Waals surface area contributed by atoms with E-state index in [9.17, 15) is 0 Å². The molecule has 1 N–H and O–H groups in total. The van der Waals surface area contributed by atoms with Crippen molar-refractivity contribution in [3.63, 3.8) is 0 Å². The van der Waals surface area contributed by atoms with Gasteiger partial charge in [-0.25, -0.2) is 9.67 Å². The van der Waals surface area contributed by atoms with Gasteiger partial charge in [0.1, 0.15) is 12.2 Å². The van der Waals surface area contributed by atoms with E-state index in [1.807, 2.05) is 18.7 Å². The summed E-state index contributed by atoms with van der Waals surface area (Å²) in [4.78, 5) is 4.23. The van der Waals surface area contributed by atoms with Crippen molar-refractivity contribution in [1.82, 2.24) is 24.5 Å². The maximum absolute atomic E-state index is 8.94. The summed E-state index contributed by atoms with van der Waals surface area (Å²) < 4.78 is 3.66. The molecule has 98 valence electrons. The number of aliphatic hydroxyl groups is 1. The summed E-state index contributed by atoms with van der Waals surface area (Å²) in [5.41, 5.74) is 3.54. The van der Waals surface area contributed by atoms with Crippen molar-refractivity contribution >= 4 is 0 Å². The summed E-state index contributed by atoms with van der Waals surface area (Å²) >= 11 is 0. The van der Waals surface area contributed by atoms with E-state index in [1.165, 1.54) is 17.6 Å². The lowest BCUT2D eigenvalue weighted by atomic mass is 10.1. The SMILES string of the molecule is Cc1nn(C)c(C)c1CCc1ncnn1CCO. The van der Waals surface area contributed by atoms with Gasteiger partial charge in [-0.1, -0.05) is 0 Å². The number of hydrogen-bond donors (Lipinski definition) is 1. The van der Waals surface area contributed by atoms with E-state index in [1.54, 1.807) is 4.68 Å². The van der Waals surface area contributed by atoms with E-state index in [-0.39, 0.29) is 6.61 Å². The van der Waals surface area contributed by atoms with Crippen molar-refractivity contribution < 1.29 is 5.11 Å². The fourth-order valence-electron chi connectivity index (χ4n) is 2.18. The Morgan fingerprint density at radius 3 is 2.67 bits per heavy atom. The van der Waals surface area contributed by atoms with Crippen molar-refractivity contribution in [3.8, 4) is 0 Å². The first-order valence-electron chi connectivity index (χ1n) is 6.10. The lowest BCUT2D eigenvalue weighted by molar-refractivity contribution is 0.267. The average Bonchev–Trinajstić information content (AvgIpc) is 2.85. The molecule has 0 bridgehead atoms. The molecule has 0 saturated heterocycles. The Labute approximate surface area is 106 Å². The Morgan fingerprint density at radius 2 is 2.06 bits per heavy atom. The van der Waals surface area contributed by atoms with Gasteiger partial charge in [-0.3, -0.25) is 4.68 Å². The summed E-state index contributed by atoms with van der Waals surface area (Å²) in [6, 6.07) is 0. The molecule has 0 fully saturated rings. The highest BCUT2D eigenvalue weighted by molar-refractivity contribution is 5.24. The Morgan fingerprint density at radius 1 is 1.28 bits per heavy atom. The lowest BCUT2D eigenvalue weighted by Crippen LogP contribution is -2.10. The topological polar surface area (TPSA) is 68.8 Å². The van der Waals surface area contributed by atoms with E-state index >= 15 is 0 Å². The Kier molecular flexibility index (Phi) is 3.76. The molecule has 6 nitrogen and oxygen atoms in total. The largest absolute Gasteiger partial charge is 0.394 e. The van der Waals surface area contributed by atoms with E-state index in [2.05, 4.69) is 22.1 Å². The zero-order valence-electron chi connectivity index (χ0n) is 11.1. The summed E-state index contributed by atoms with van der Waals surface area (Å²) in [7, 11) is 1.96. The highest BCUT2D eigenvalue weighted by atomic mass is 16.3. The first kappa shape index (κ1) is 12.8. The third kappa shape index (κ3) is 2.43. The molecule has 6 heteroatoms. The van der Waals surface area contributed by atoms with Crippen LogP contribution in [0, 0.1) is 13.8 Å². The molecule has 2 aromatic heterocycles. The highest BCUT2D eigenvalue weighted by Crippen LogP contribution is 2.14. The minimum Gasteiger partial charge on any atom is -0.394 e. The maximum atomic E-state index is 8.94. The molecule has 0 radical (unpaired) electrons. The normalized spacial score (nSPS) is 11.1. The van der Waals surface area contributed by atoms with E-state index in [0.717, 1.165) is 24.4 Å². The van der Waals surface area contributed by atoms with Gasteiger partial charge >= 0.3 is 0 Å². The molecular formula is C12H19N5O. The first-order chi connectivity index (χ1) is 8.63. The highest BCUT2D eigenvalue weighted by Gasteiger charge is 2.11. The fraction of sp³-hybridized carbons (Fsp3) is 0.583. The van der Waals surface area contributed by atoms with Crippen LogP contribution in [0.25, 0.3) is 0 Å². The van der Waals surface area contributed by atoms with Crippen molar-refractivity contribution in [2.45, 2.75) is 33.2 Å². The second kappa shape index (κ2) is 5.30. The average molecular weight is 249 g/mol. The Balaban J connectivity index is 2.09. The van der Waals surface area contributed by atoms with Crippen LogP contribution in [-0.4, -0.2) is 36.3 Å². The number of aromatic nitrogens is 5. The third-order valence-corrected chi connectivity index (χ3v) is 3.27. The van der Waals surface area contributed by atoms with Crippen molar-refractivity contribution in [3.05, 3.63) is 29.1 Å². The Hall–Kier alpha value is -1.69. The molecule has 0 saturated carbocycles. The quantitative estimate of drug-likeness (QED) is 0.833. The van der Waals surface area contributed by atoms with Crippen LogP contribution >= 0.6 is 0 Å². The van der Waals surface area contributed by atoms with Crippen LogP contribution in [0.1, 0.15) is 22.8 Å². The van der Waals surface area contributed by atoms with Crippen LogP contribution in [0.15, 0.2) is 6.33 Å². The molecule has 0 unspecified atom stereocenters. The zero-order valence-corrected chi connectivity index (χ0v) is 11.1. The zero-order chi connectivity index (χ0) is 13.1. The molecule has 0 aliphatic rings. The molecule has 0 aliphatic carbocycles. The maximum Gasteiger partial charge on any atom is 0.138 e. The van der Waals surface area contributed by atoms with Crippen LogP contribution < -0.4 is 0 Å². The monoisotopic (exact) mass is 249 g/mol. The molecule has 2 aromatic rings. The van der Waals surface area contributed by atoms with Gasteiger partial charge in [-0.2, -0.15) is 10.2 Å². The molecule has 2 rings (SSSR count). The van der Waals surface area contributed by atoms with Crippen molar-refractivity contribution in [2.75, 3.05) is 6.61 Å². The fourth-order valence-corrected chi connectivity index (χ4v) is 2.18. The number of aliphatic hydroxyl groups excluding tert-OH is 1. The third-order valence-electron chi connectivity index (χ3n) is 3.27. The number of rotatable bonds is 5. The molecule has 0 atom stereocenters. The standard InChI is InChI=1S/C12H19N5O/c1-9-11(10(2)16(3)15-9)4-5-12-13-8-14-17(12)6-7-18/h8,18H,4-7H2,1-3H3. The summed E-state index contributed by atoms with van der Waals surface area (Å²) in [6.45, 7) is 4.69. The molecule has 0 aliphatic heterocycles. The predicted molar refractivity (Wildman–Crippen MR) is 67.2 cm³/mol. The van der Waals surface area contributed by atoms with Crippen molar-refractivity contribution in [1.29, 1.82) is 0 Å². The Bertz CT molecular complexity index is 529. The first-order valence-corrected chi connectivity index (χ1v) is 6.10. The van der Waals surface area contributed by atoms with E-state index < -0.39 is 0 Å². The minimum atomic E-state index is 0.0846. The van der Waals surface area contributed by atoms with Crippen LogP contribution in [0.3, 0.4) is 0 Å². The van der Waals surface area contributed by atoms with Gasteiger partial charge in [0.25, 0.3) is 0 Å². The van der Waals surface area contributed by atoms with Crippen LogP contribution in [-0.2, 0) is 26.4 Å². The summed E-state index contributed by atoms with van der Waals surface area (Å²) in [5.74, 6) is 0.909. The molecule has 0 amide bonds. The van der Waals surface area contributed by atoms with Gasteiger partial charge in [-0.05, 0) is 25.8 Å². The smallest absolute Gasteiger partial charge is 0.138 e. The van der Waals surface area contributed by atoms with Gasteiger partial charge in [-0.15, -0.1) is 0 Å². The summed E-state index contributed by atoms with van der Waals surface area (Å²) in [5, 5.41) is 17.4. The second-order valence-electron chi connectivity index (χ2n) is 4.40. The van der Waals surface area contributed by atoms with Crippen LogP contribution in [0.2, 0.25) is 0 Å². The van der Waals surface area contributed by atoms with Gasteiger partial charge in [0.15, 0.2) is 0 Å². The molecular weight excluding hydrogens is 230 g/mol. The van der Waals surface area contributed by atoms with E-state index in [4.69, 9.17) is 5.11 Å². The molecule has 0 aromatic carbocycles. The predicted octanol–water partition coefficient (Wildman–Crippen LogP) is 0.406. The van der Waals surface area contributed by atoms with Gasteiger partial charge in [0, 0.05) is 19.2 Å². The van der Waals surface area contributed by atoms with Crippen molar-refractivity contribution in [2.24, 2.45) is 7.05 Å². The lowest BCUT2D eigenvalue weighted by Gasteiger charge is -2.04. The van der Waals surface area contributed by atoms with Gasteiger partial charge in [0.2, 0.25) is 0 Å². The van der Waals surface area contributed by atoms with E-state index in [0.29, 0.717) is 6.54 Å². The van der Waals surface area contributed by atoms with Crippen LogP contribution in [0.4, 0.5) is 0 Å². The number of aryl methyl sites for hydroxylation is 3. The van der Waals surface area contributed by atoms with Gasteiger partial charge in [0.05, 0.1) is 18.8 Å². The minimum absolute atomic E-state index is 0.0846. The molecule has 18 heavy (non-hydrogen) atoms. The van der Waals surface area contributed by atoms with Crippen LogP contribution in [0.5, 0.6) is 0 Å². The number of hydrogen-bond acceptors (Lipinski definition) is 4. The van der Waals surface area contributed by atoms with Gasteiger partial charge < -0.3 is 5.11 Å².